The molecule has 0 amide bonds. The Kier molecular flexibility index (Phi) is 5.17. The lowest BCUT2D eigenvalue weighted by Crippen LogP contribution is -2.01. The lowest BCUT2D eigenvalue weighted by atomic mass is 9.98. The van der Waals surface area contributed by atoms with Crippen molar-refractivity contribution in [2.24, 2.45) is 0 Å². The van der Waals surface area contributed by atoms with E-state index in [4.69, 9.17) is 10.7 Å². The third-order valence-corrected chi connectivity index (χ3v) is 6.07. The Balaban J connectivity index is 1.76. The molecule has 0 aliphatic heterocycles. The van der Waals surface area contributed by atoms with E-state index in [1.54, 1.807) is 0 Å². The molecule has 0 unspecified atom stereocenters. The summed E-state index contributed by atoms with van der Waals surface area (Å²) in [7, 11) is 5.30. The second-order valence-electron chi connectivity index (χ2n) is 6.71. The third-order valence-electron chi connectivity index (χ3n) is 4.35. The van der Waals surface area contributed by atoms with E-state index < -0.39 is 9.24 Å². The van der Waals surface area contributed by atoms with E-state index in [1.165, 1.54) is 16.2 Å². The topological polar surface area (TPSA) is 17.1 Å². The average molecular weight is 359 g/mol. The molecule has 0 radical (unpaired) electrons. The van der Waals surface area contributed by atoms with Crippen molar-refractivity contribution < 1.29 is 4.79 Å². The van der Waals surface area contributed by atoms with Crippen LogP contribution < -0.4 is 0 Å². The molecule has 0 fully saturated rings. The van der Waals surface area contributed by atoms with Gasteiger partial charge in [-0.2, -0.15) is 9.24 Å². The van der Waals surface area contributed by atoms with Gasteiger partial charge in [-0.1, -0.05) is 59.2 Å². The van der Waals surface area contributed by atoms with Crippen LogP contribution in [-0.2, 0) is 0 Å². The van der Waals surface area contributed by atoms with Gasteiger partial charge in [-0.15, -0.1) is 0 Å². The van der Waals surface area contributed by atoms with Crippen LogP contribution in [0, 0.1) is 0 Å². The molecule has 0 spiro atoms. The molecule has 0 atom stereocenters. The minimum Gasteiger partial charge on any atom is -0.294 e. The Hall–Kier alpha value is -1.51. The Morgan fingerprint density at radius 1 is 0.917 bits per heavy atom. The zero-order valence-electron chi connectivity index (χ0n) is 14.2. The number of carbonyl (C=O) groups excluding carboxylic acids is 1. The summed E-state index contributed by atoms with van der Waals surface area (Å²) in [5, 5.41) is 4.81. The predicted molar refractivity (Wildman–Crippen MR) is 110 cm³/mol. The molecule has 3 aromatic rings. The van der Waals surface area contributed by atoms with Crippen molar-refractivity contribution in [3.05, 3.63) is 60.2 Å². The van der Waals surface area contributed by atoms with Gasteiger partial charge in [0.15, 0.2) is 5.78 Å². The van der Waals surface area contributed by atoms with Crippen LogP contribution in [0.15, 0.2) is 54.6 Å². The summed E-state index contributed by atoms with van der Waals surface area (Å²) < 4.78 is 0. The summed E-state index contributed by atoms with van der Waals surface area (Å²) in [6, 6.07) is 18.7. The van der Waals surface area contributed by atoms with E-state index in [0.29, 0.717) is 6.42 Å². The van der Waals surface area contributed by atoms with Crippen molar-refractivity contribution in [3.8, 4) is 0 Å². The van der Waals surface area contributed by atoms with Crippen molar-refractivity contribution >= 4 is 47.3 Å². The first kappa shape index (κ1) is 17.3. The maximum atomic E-state index is 12.5. The normalized spacial score (nSPS) is 12.6. The number of fused-ring (bicyclic) bond motifs is 3. The quantitative estimate of drug-likeness (QED) is 0.277. The molecule has 0 aromatic heterocycles. The fourth-order valence-corrected chi connectivity index (χ4v) is 4.28. The molecule has 0 N–H and O–H groups in total. The number of hydrogen-bond donors (Lipinski definition) is 0. The van der Waals surface area contributed by atoms with Crippen LogP contribution in [0.2, 0.25) is 0 Å². The first-order valence-electron chi connectivity index (χ1n) is 8.29. The molecular weight excluding hydrogens is 336 g/mol. The van der Waals surface area contributed by atoms with Crippen molar-refractivity contribution in [1.29, 1.82) is 0 Å². The maximum absolute atomic E-state index is 12.5. The largest absolute Gasteiger partial charge is 0.294 e. The van der Waals surface area contributed by atoms with E-state index >= 15 is 0 Å². The summed E-state index contributed by atoms with van der Waals surface area (Å²) in [5.74, 6) is 1.25. The van der Waals surface area contributed by atoms with Gasteiger partial charge in [0.05, 0.1) is 0 Å². The molecule has 0 bridgehead atoms. The highest BCUT2D eigenvalue weighted by atomic mass is 35.7. The molecule has 0 saturated carbocycles. The number of halogens is 1. The molecule has 126 valence electrons. The SMILES string of the molecule is CS(C)(Cl)CCCCC(=O)c1ccc2c(ccc3ccccc32)c1. The Labute approximate surface area is 149 Å². The van der Waals surface area contributed by atoms with Gasteiger partial charge in [0.2, 0.25) is 0 Å². The van der Waals surface area contributed by atoms with Crippen molar-refractivity contribution in [2.75, 3.05) is 18.3 Å². The number of unbranched alkanes of at least 4 members (excludes halogenated alkanes) is 1. The van der Waals surface area contributed by atoms with Crippen LogP contribution in [0.25, 0.3) is 21.5 Å². The summed E-state index contributed by atoms with van der Waals surface area (Å²) in [5.41, 5.74) is 0.815. The summed E-state index contributed by atoms with van der Waals surface area (Å²) in [6.07, 6.45) is 6.74. The lowest BCUT2D eigenvalue weighted by molar-refractivity contribution is 0.0980. The van der Waals surface area contributed by atoms with Crippen LogP contribution in [0.3, 0.4) is 0 Å². The second-order valence-corrected chi connectivity index (χ2v) is 12.4. The summed E-state index contributed by atoms with van der Waals surface area (Å²) in [6.45, 7) is 0. The molecule has 0 heterocycles. The Morgan fingerprint density at radius 2 is 1.62 bits per heavy atom. The highest BCUT2D eigenvalue weighted by Crippen LogP contribution is 2.45. The molecule has 0 aliphatic carbocycles. The van der Waals surface area contributed by atoms with E-state index in [9.17, 15) is 4.79 Å². The van der Waals surface area contributed by atoms with Crippen LogP contribution in [0.4, 0.5) is 0 Å². The minimum atomic E-state index is -0.975. The fraction of sp³-hybridized carbons (Fsp3) is 0.286. The summed E-state index contributed by atoms with van der Waals surface area (Å²) in [4.78, 5) is 12.5. The van der Waals surface area contributed by atoms with Gasteiger partial charge in [-0.3, -0.25) is 4.79 Å². The standard InChI is InChI=1S/C21H23ClOS/c1-24(2,22)14-6-5-9-21(23)18-12-13-20-17(15-18)11-10-16-7-3-4-8-19(16)20/h3-4,7-8,10-13,15H,5-6,9,14H2,1-2H3. The molecule has 0 saturated heterocycles. The first-order chi connectivity index (χ1) is 11.4. The van der Waals surface area contributed by atoms with E-state index in [-0.39, 0.29) is 5.78 Å². The van der Waals surface area contributed by atoms with E-state index in [2.05, 4.69) is 55.0 Å². The second kappa shape index (κ2) is 7.16. The number of Topliss-reactive ketones (excluding diaryl/α,β-unsaturated/α-hetero) is 1. The van der Waals surface area contributed by atoms with Gasteiger partial charge in [-0.05, 0) is 58.7 Å². The smallest absolute Gasteiger partial charge is 0.162 e. The van der Waals surface area contributed by atoms with Gasteiger partial charge in [-0.25, -0.2) is 0 Å². The minimum absolute atomic E-state index is 0.229. The van der Waals surface area contributed by atoms with Gasteiger partial charge in [0, 0.05) is 12.0 Å². The van der Waals surface area contributed by atoms with Crippen LogP contribution in [-0.4, -0.2) is 24.0 Å². The van der Waals surface area contributed by atoms with E-state index in [1.807, 2.05) is 12.1 Å². The zero-order chi connectivity index (χ0) is 17.2. The Bertz CT molecular complexity index is 880. The van der Waals surface area contributed by atoms with E-state index in [0.717, 1.165) is 29.5 Å². The van der Waals surface area contributed by atoms with Gasteiger partial charge >= 0.3 is 0 Å². The number of carbonyl (C=O) groups is 1. The first-order valence-corrected chi connectivity index (χ1v) is 11.7. The molecule has 1 nitrogen and oxygen atoms in total. The van der Waals surface area contributed by atoms with Crippen LogP contribution in [0.1, 0.15) is 29.6 Å². The molecular formula is C21H23ClOS. The fourth-order valence-electron chi connectivity index (χ4n) is 3.06. The monoisotopic (exact) mass is 358 g/mol. The van der Waals surface area contributed by atoms with Crippen molar-refractivity contribution in [3.63, 3.8) is 0 Å². The predicted octanol–water partition coefficient (Wildman–Crippen LogP) is 6.56. The number of rotatable bonds is 6. The van der Waals surface area contributed by atoms with Crippen molar-refractivity contribution in [2.45, 2.75) is 19.3 Å². The Morgan fingerprint density at radius 3 is 2.42 bits per heavy atom. The van der Waals surface area contributed by atoms with Crippen LogP contribution >= 0.6 is 19.9 Å². The highest BCUT2D eigenvalue weighted by Gasteiger charge is 2.10. The average Bonchev–Trinajstić information content (AvgIpc) is 2.57. The van der Waals surface area contributed by atoms with Gasteiger partial charge in [0.25, 0.3) is 0 Å². The highest BCUT2D eigenvalue weighted by molar-refractivity contribution is 8.50. The number of hydrogen-bond acceptors (Lipinski definition) is 1. The van der Waals surface area contributed by atoms with Gasteiger partial charge < -0.3 is 0 Å². The molecule has 0 aliphatic rings. The molecule has 3 rings (SSSR count). The summed E-state index contributed by atoms with van der Waals surface area (Å²) >= 11 is 0. The number of benzene rings is 3. The lowest BCUT2D eigenvalue weighted by Gasteiger charge is -2.21. The van der Waals surface area contributed by atoms with Crippen LogP contribution in [0.5, 0.6) is 0 Å². The van der Waals surface area contributed by atoms with Crippen molar-refractivity contribution in [1.82, 2.24) is 0 Å². The number of ketones is 1. The van der Waals surface area contributed by atoms with Gasteiger partial charge in [0.1, 0.15) is 0 Å². The third kappa shape index (κ3) is 4.12. The molecule has 3 aromatic carbocycles. The molecule has 3 heteroatoms. The maximum Gasteiger partial charge on any atom is 0.162 e. The zero-order valence-corrected chi connectivity index (χ0v) is 15.8. The molecule has 24 heavy (non-hydrogen) atoms.